The summed E-state index contributed by atoms with van der Waals surface area (Å²) in [6.07, 6.45) is 0. The summed E-state index contributed by atoms with van der Waals surface area (Å²) < 4.78 is 10.9. The van der Waals surface area contributed by atoms with Crippen LogP contribution in [0, 0.1) is 0 Å². The minimum absolute atomic E-state index is 0.546. The summed E-state index contributed by atoms with van der Waals surface area (Å²) >= 11 is 3.42. The van der Waals surface area contributed by atoms with Gasteiger partial charge >= 0.3 is 0 Å². The number of halogens is 1. The number of hydrogen-bond donors (Lipinski definition) is 0. The van der Waals surface area contributed by atoms with Crippen LogP contribution in [-0.4, -0.2) is 7.11 Å². The molecule has 2 aromatic carbocycles. The summed E-state index contributed by atoms with van der Waals surface area (Å²) in [5, 5.41) is 0.864. The minimum atomic E-state index is 0.546. The molecule has 2 rings (SSSR count). The van der Waals surface area contributed by atoms with E-state index < -0.39 is 0 Å². The number of benzene rings is 2. The molecule has 0 saturated carbocycles. The lowest BCUT2D eigenvalue weighted by Crippen LogP contribution is -1.96. The summed E-state index contributed by atoms with van der Waals surface area (Å²) in [6, 6.07) is 16.0. The van der Waals surface area contributed by atoms with E-state index in [1.807, 2.05) is 36.4 Å². The van der Waals surface area contributed by atoms with Crippen molar-refractivity contribution in [2.75, 3.05) is 7.11 Å². The van der Waals surface area contributed by atoms with E-state index in [0.29, 0.717) is 6.61 Å². The second-order valence-electron chi connectivity index (χ2n) is 3.92. The van der Waals surface area contributed by atoms with Crippen LogP contribution in [0.25, 0.3) is 0 Å². The Hall–Kier alpha value is -1.48. The molecule has 18 heavy (non-hydrogen) atoms. The lowest BCUT2D eigenvalue weighted by molar-refractivity contribution is 0.305. The molecule has 94 valence electrons. The van der Waals surface area contributed by atoms with Gasteiger partial charge in [0.2, 0.25) is 0 Å². The van der Waals surface area contributed by atoms with Crippen LogP contribution in [0.2, 0.25) is 0 Å². The van der Waals surface area contributed by atoms with E-state index in [9.17, 15) is 0 Å². The first-order valence-electron chi connectivity index (χ1n) is 5.72. The highest BCUT2D eigenvalue weighted by Crippen LogP contribution is 2.17. The maximum atomic E-state index is 5.72. The van der Waals surface area contributed by atoms with Gasteiger partial charge in [-0.1, -0.05) is 40.2 Å². The van der Waals surface area contributed by atoms with E-state index in [4.69, 9.17) is 9.47 Å². The van der Waals surface area contributed by atoms with Crippen molar-refractivity contribution in [2.45, 2.75) is 11.9 Å². The Morgan fingerprint density at radius 2 is 1.72 bits per heavy atom. The molecule has 0 fully saturated rings. The fraction of sp³-hybridized carbons (Fsp3) is 0.200. The zero-order chi connectivity index (χ0) is 12.8. The average Bonchev–Trinajstić information content (AvgIpc) is 2.46. The normalized spacial score (nSPS) is 10.1. The molecule has 0 aliphatic heterocycles. The van der Waals surface area contributed by atoms with Crippen molar-refractivity contribution in [3.05, 3.63) is 59.7 Å². The molecule has 0 spiro atoms. The van der Waals surface area contributed by atoms with Gasteiger partial charge < -0.3 is 9.47 Å². The van der Waals surface area contributed by atoms with Gasteiger partial charge in [0, 0.05) is 5.33 Å². The van der Waals surface area contributed by atoms with Gasteiger partial charge in [0.05, 0.1) is 7.11 Å². The van der Waals surface area contributed by atoms with E-state index in [1.165, 1.54) is 5.56 Å². The molecule has 0 saturated heterocycles. The van der Waals surface area contributed by atoms with Gasteiger partial charge in [-0.05, 0) is 35.4 Å². The van der Waals surface area contributed by atoms with Gasteiger partial charge in [0.1, 0.15) is 18.1 Å². The summed E-state index contributed by atoms with van der Waals surface area (Å²) in [7, 11) is 1.67. The van der Waals surface area contributed by atoms with Crippen LogP contribution in [0.15, 0.2) is 48.5 Å². The van der Waals surface area contributed by atoms with Crippen molar-refractivity contribution in [3.63, 3.8) is 0 Å². The summed E-state index contributed by atoms with van der Waals surface area (Å²) in [6.45, 7) is 0.546. The summed E-state index contributed by atoms with van der Waals surface area (Å²) in [5.41, 5.74) is 2.34. The Labute approximate surface area is 116 Å². The molecule has 0 bridgehead atoms. The largest absolute Gasteiger partial charge is 0.497 e. The highest BCUT2D eigenvalue weighted by molar-refractivity contribution is 9.08. The van der Waals surface area contributed by atoms with E-state index in [0.717, 1.165) is 22.4 Å². The van der Waals surface area contributed by atoms with Gasteiger partial charge in [-0.2, -0.15) is 0 Å². The third-order valence-electron chi connectivity index (χ3n) is 2.62. The number of rotatable bonds is 5. The lowest BCUT2D eigenvalue weighted by atomic mass is 10.2. The van der Waals surface area contributed by atoms with Crippen LogP contribution in [0.3, 0.4) is 0 Å². The summed E-state index contributed by atoms with van der Waals surface area (Å²) in [4.78, 5) is 0. The quantitative estimate of drug-likeness (QED) is 0.772. The van der Waals surface area contributed by atoms with Gasteiger partial charge in [-0.15, -0.1) is 0 Å². The molecule has 0 heterocycles. The second kappa shape index (κ2) is 6.45. The van der Waals surface area contributed by atoms with Gasteiger partial charge in [-0.3, -0.25) is 0 Å². The first kappa shape index (κ1) is 13.0. The van der Waals surface area contributed by atoms with Crippen molar-refractivity contribution >= 4 is 15.9 Å². The lowest BCUT2D eigenvalue weighted by Gasteiger charge is -2.08. The third-order valence-corrected chi connectivity index (χ3v) is 3.26. The molecular formula is C15H15BrO2. The minimum Gasteiger partial charge on any atom is -0.497 e. The molecule has 2 nitrogen and oxygen atoms in total. The van der Waals surface area contributed by atoms with Gasteiger partial charge in [0.25, 0.3) is 0 Å². The van der Waals surface area contributed by atoms with Crippen LogP contribution in [0.5, 0.6) is 11.5 Å². The predicted octanol–water partition coefficient (Wildman–Crippen LogP) is 4.17. The third kappa shape index (κ3) is 3.50. The van der Waals surface area contributed by atoms with E-state index in [1.54, 1.807) is 7.11 Å². The maximum Gasteiger partial charge on any atom is 0.119 e. The molecule has 0 unspecified atom stereocenters. The molecule has 0 atom stereocenters. The second-order valence-corrected chi connectivity index (χ2v) is 4.48. The van der Waals surface area contributed by atoms with Crippen molar-refractivity contribution in [3.8, 4) is 11.5 Å². The van der Waals surface area contributed by atoms with Crippen LogP contribution >= 0.6 is 15.9 Å². The van der Waals surface area contributed by atoms with Crippen LogP contribution < -0.4 is 9.47 Å². The summed E-state index contributed by atoms with van der Waals surface area (Å²) in [5.74, 6) is 1.73. The Balaban J connectivity index is 1.97. The topological polar surface area (TPSA) is 18.5 Å². The van der Waals surface area contributed by atoms with Gasteiger partial charge in [-0.25, -0.2) is 0 Å². The van der Waals surface area contributed by atoms with E-state index >= 15 is 0 Å². The van der Waals surface area contributed by atoms with Crippen molar-refractivity contribution in [1.82, 2.24) is 0 Å². The van der Waals surface area contributed by atoms with Crippen molar-refractivity contribution in [2.24, 2.45) is 0 Å². The molecule has 0 amide bonds. The Bertz CT molecular complexity index is 494. The SMILES string of the molecule is COc1cccc(COc2ccc(CBr)cc2)c1. The van der Waals surface area contributed by atoms with Crippen molar-refractivity contribution < 1.29 is 9.47 Å². The van der Waals surface area contributed by atoms with E-state index in [2.05, 4.69) is 28.1 Å². The number of ether oxygens (including phenoxy) is 2. The zero-order valence-corrected chi connectivity index (χ0v) is 11.8. The molecule has 3 heteroatoms. The van der Waals surface area contributed by atoms with Crippen LogP contribution in [0.1, 0.15) is 11.1 Å². The standard InChI is InChI=1S/C15H15BrO2/c1-17-15-4-2-3-13(9-15)11-18-14-7-5-12(10-16)6-8-14/h2-9H,10-11H2,1H3. The maximum absolute atomic E-state index is 5.72. The highest BCUT2D eigenvalue weighted by atomic mass is 79.9. The Kier molecular flexibility index (Phi) is 4.65. The molecule has 0 radical (unpaired) electrons. The molecule has 0 N–H and O–H groups in total. The van der Waals surface area contributed by atoms with Crippen molar-refractivity contribution in [1.29, 1.82) is 0 Å². The number of hydrogen-bond acceptors (Lipinski definition) is 2. The number of methoxy groups -OCH3 is 1. The van der Waals surface area contributed by atoms with Gasteiger partial charge in [0.15, 0.2) is 0 Å². The molecule has 2 aromatic rings. The predicted molar refractivity (Wildman–Crippen MR) is 76.4 cm³/mol. The highest BCUT2D eigenvalue weighted by Gasteiger charge is 1.98. The van der Waals surface area contributed by atoms with E-state index in [-0.39, 0.29) is 0 Å². The smallest absolute Gasteiger partial charge is 0.119 e. The fourth-order valence-corrected chi connectivity index (χ4v) is 1.98. The molecule has 0 aromatic heterocycles. The first-order chi connectivity index (χ1) is 8.81. The monoisotopic (exact) mass is 306 g/mol. The van der Waals surface area contributed by atoms with Crippen LogP contribution in [0.4, 0.5) is 0 Å². The van der Waals surface area contributed by atoms with Crippen LogP contribution in [-0.2, 0) is 11.9 Å². The molecular weight excluding hydrogens is 292 g/mol. The fourth-order valence-electron chi connectivity index (χ4n) is 1.60. The molecule has 0 aliphatic rings. The number of alkyl halides is 1. The molecule has 0 aliphatic carbocycles. The first-order valence-corrected chi connectivity index (χ1v) is 6.84. The Morgan fingerprint density at radius 1 is 0.944 bits per heavy atom. The zero-order valence-electron chi connectivity index (χ0n) is 10.2. The average molecular weight is 307 g/mol. The Morgan fingerprint density at radius 3 is 2.39 bits per heavy atom.